The van der Waals surface area contributed by atoms with E-state index in [1.807, 2.05) is 18.7 Å². The second-order valence-corrected chi connectivity index (χ2v) is 5.19. The first-order chi connectivity index (χ1) is 9.08. The molecule has 1 N–H and O–H groups in total. The molecule has 0 aliphatic carbocycles. The van der Waals surface area contributed by atoms with Gasteiger partial charge in [-0.15, -0.1) is 0 Å². The first-order valence-corrected chi connectivity index (χ1v) is 6.88. The number of nitrogens with zero attached hydrogens (tertiary/aromatic N) is 1. The number of benzene rings is 1. The van der Waals surface area contributed by atoms with Gasteiger partial charge in [0.15, 0.2) is 0 Å². The second kappa shape index (κ2) is 6.15. The van der Waals surface area contributed by atoms with E-state index in [1.165, 1.54) is 12.1 Å². The molecule has 19 heavy (non-hydrogen) atoms. The van der Waals surface area contributed by atoms with Gasteiger partial charge in [-0.05, 0) is 44.4 Å². The van der Waals surface area contributed by atoms with Crippen molar-refractivity contribution in [2.24, 2.45) is 0 Å². The molecule has 2 rings (SSSR count). The van der Waals surface area contributed by atoms with Crippen molar-refractivity contribution >= 4 is 5.91 Å². The minimum absolute atomic E-state index is 0.0298. The number of nitrogens with one attached hydrogen (secondary N) is 1. The Morgan fingerprint density at radius 1 is 1.21 bits per heavy atom. The van der Waals surface area contributed by atoms with Gasteiger partial charge in [0.25, 0.3) is 0 Å². The van der Waals surface area contributed by atoms with Gasteiger partial charge in [-0.2, -0.15) is 0 Å². The molecule has 1 aromatic carbocycles. The Morgan fingerprint density at radius 2 is 1.79 bits per heavy atom. The van der Waals surface area contributed by atoms with Crippen molar-refractivity contribution in [3.8, 4) is 0 Å². The zero-order valence-corrected chi connectivity index (χ0v) is 11.5. The van der Waals surface area contributed by atoms with E-state index >= 15 is 0 Å². The first kappa shape index (κ1) is 14.0. The third-order valence-electron chi connectivity index (χ3n) is 3.66. The maximum Gasteiger partial charge on any atom is 0.239 e. The first-order valence-electron chi connectivity index (χ1n) is 6.88. The number of hydrogen-bond acceptors (Lipinski definition) is 2. The van der Waals surface area contributed by atoms with Crippen molar-refractivity contribution in [1.82, 2.24) is 10.2 Å². The van der Waals surface area contributed by atoms with Gasteiger partial charge in [-0.1, -0.05) is 12.1 Å². The number of amides is 1. The lowest BCUT2D eigenvalue weighted by atomic mass is 10.1. The normalized spacial score (nSPS) is 18.4. The fourth-order valence-corrected chi connectivity index (χ4v) is 2.51. The minimum atomic E-state index is -0.239. The van der Waals surface area contributed by atoms with E-state index in [9.17, 15) is 9.18 Å². The summed E-state index contributed by atoms with van der Waals surface area (Å²) < 4.78 is 12.9. The molecule has 1 heterocycles. The van der Waals surface area contributed by atoms with Crippen LogP contribution in [0.5, 0.6) is 0 Å². The van der Waals surface area contributed by atoms with Crippen LogP contribution in [0, 0.1) is 5.82 Å². The SMILES string of the molecule is CC(NC(C)c1ccc(F)cc1)C(=O)N1CCCC1. The van der Waals surface area contributed by atoms with E-state index in [1.54, 1.807) is 12.1 Å². The molecule has 1 amide bonds. The summed E-state index contributed by atoms with van der Waals surface area (Å²) in [6.07, 6.45) is 2.21. The van der Waals surface area contributed by atoms with Crippen LogP contribution in [0.15, 0.2) is 24.3 Å². The van der Waals surface area contributed by atoms with E-state index in [0.717, 1.165) is 31.5 Å². The average Bonchev–Trinajstić information content (AvgIpc) is 2.92. The van der Waals surface area contributed by atoms with E-state index in [-0.39, 0.29) is 23.8 Å². The molecular weight excluding hydrogens is 243 g/mol. The molecular formula is C15H21FN2O. The monoisotopic (exact) mass is 264 g/mol. The molecule has 0 aromatic heterocycles. The Bertz CT molecular complexity index is 426. The van der Waals surface area contributed by atoms with Crippen LogP contribution in [-0.2, 0) is 4.79 Å². The van der Waals surface area contributed by atoms with Crippen molar-refractivity contribution in [2.75, 3.05) is 13.1 Å². The standard InChI is InChI=1S/C15H21FN2O/c1-11(13-5-7-14(16)8-6-13)17-12(2)15(19)18-9-3-4-10-18/h5-8,11-12,17H,3-4,9-10H2,1-2H3. The molecule has 4 heteroatoms. The van der Waals surface area contributed by atoms with Crippen LogP contribution in [0.3, 0.4) is 0 Å². The number of carbonyl (C=O) groups excluding carboxylic acids is 1. The smallest absolute Gasteiger partial charge is 0.239 e. The van der Waals surface area contributed by atoms with E-state index in [0.29, 0.717) is 0 Å². The Morgan fingerprint density at radius 3 is 2.37 bits per heavy atom. The number of carbonyl (C=O) groups is 1. The highest BCUT2D eigenvalue weighted by molar-refractivity contribution is 5.81. The maximum atomic E-state index is 12.9. The van der Waals surface area contributed by atoms with Crippen LogP contribution in [-0.4, -0.2) is 29.9 Å². The van der Waals surface area contributed by atoms with Crippen molar-refractivity contribution in [1.29, 1.82) is 0 Å². The van der Waals surface area contributed by atoms with Crippen LogP contribution < -0.4 is 5.32 Å². The molecule has 1 aliphatic heterocycles. The Kier molecular flexibility index (Phi) is 4.53. The van der Waals surface area contributed by atoms with Gasteiger partial charge in [0.1, 0.15) is 5.82 Å². The summed E-state index contributed by atoms with van der Waals surface area (Å²) in [5.41, 5.74) is 0.988. The summed E-state index contributed by atoms with van der Waals surface area (Å²) >= 11 is 0. The molecule has 0 spiro atoms. The number of likely N-dealkylation sites (tertiary alicyclic amines) is 1. The molecule has 1 aliphatic rings. The molecule has 1 saturated heterocycles. The molecule has 0 bridgehead atoms. The van der Waals surface area contributed by atoms with Crippen LogP contribution in [0.2, 0.25) is 0 Å². The third kappa shape index (κ3) is 3.53. The predicted molar refractivity (Wildman–Crippen MR) is 73.2 cm³/mol. The van der Waals surface area contributed by atoms with Gasteiger partial charge in [-0.3, -0.25) is 10.1 Å². The van der Waals surface area contributed by atoms with E-state index in [2.05, 4.69) is 5.32 Å². The van der Waals surface area contributed by atoms with Crippen LogP contribution in [0.25, 0.3) is 0 Å². The average molecular weight is 264 g/mol. The number of halogens is 1. The van der Waals surface area contributed by atoms with Crippen molar-refractivity contribution in [3.63, 3.8) is 0 Å². The zero-order chi connectivity index (χ0) is 13.8. The fourth-order valence-electron chi connectivity index (χ4n) is 2.51. The molecule has 2 atom stereocenters. The fraction of sp³-hybridized carbons (Fsp3) is 0.533. The summed E-state index contributed by atoms with van der Waals surface area (Å²) in [6.45, 7) is 5.62. The summed E-state index contributed by atoms with van der Waals surface area (Å²) in [6, 6.07) is 6.21. The Balaban J connectivity index is 1.92. The van der Waals surface area contributed by atoms with Gasteiger partial charge in [0.2, 0.25) is 5.91 Å². The molecule has 2 unspecified atom stereocenters. The van der Waals surface area contributed by atoms with Crippen molar-refractivity contribution < 1.29 is 9.18 Å². The molecule has 0 saturated carbocycles. The van der Waals surface area contributed by atoms with Gasteiger partial charge >= 0.3 is 0 Å². The van der Waals surface area contributed by atoms with Gasteiger partial charge in [0, 0.05) is 19.1 Å². The van der Waals surface area contributed by atoms with Crippen LogP contribution >= 0.6 is 0 Å². The molecule has 1 aromatic rings. The van der Waals surface area contributed by atoms with E-state index in [4.69, 9.17) is 0 Å². The quantitative estimate of drug-likeness (QED) is 0.906. The molecule has 1 fully saturated rings. The lowest BCUT2D eigenvalue weighted by Gasteiger charge is -2.24. The highest BCUT2D eigenvalue weighted by Crippen LogP contribution is 2.15. The van der Waals surface area contributed by atoms with Gasteiger partial charge < -0.3 is 4.90 Å². The molecule has 3 nitrogen and oxygen atoms in total. The number of hydrogen-bond donors (Lipinski definition) is 1. The highest BCUT2D eigenvalue weighted by atomic mass is 19.1. The lowest BCUT2D eigenvalue weighted by molar-refractivity contribution is -0.132. The highest BCUT2D eigenvalue weighted by Gasteiger charge is 2.24. The third-order valence-corrected chi connectivity index (χ3v) is 3.66. The predicted octanol–water partition coefficient (Wildman–Crippen LogP) is 2.49. The van der Waals surface area contributed by atoms with Gasteiger partial charge in [0.05, 0.1) is 6.04 Å². The zero-order valence-electron chi connectivity index (χ0n) is 11.5. The molecule has 0 radical (unpaired) electrons. The van der Waals surface area contributed by atoms with Crippen LogP contribution in [0.1, 0.15) is 38.3 Å². The van der Waals surface area contributed by atoms with Crippen molar-refractivity contribution in [3.05, 3.63) is 35.6 Å². The van der Waals surface area contributed by atoms with Crippen molar-refractivity contribution in [2.45, 2.75) is 38.8 Å². The van der Waals surface area contributed by atoms with Crippen LogP contribution in [0.4, 0.5) is 4.39 Å². The summed E-state index contributed by atoms with van der Waals surface area (Å²) in [7, 11) is 0. The summed E-state index contributed by atoms with van der Waals surface area (Å²) in [4.78, 5) is 14.1. The Hall–Kier alpha value is -1.42. The second-order valence-electron chi connectivity index (χ2n) is 5.19. The topological polar surface area (TPSA) is 32.3 Å². The van der Waals surface area contributed by atoms with E-state index < -0.39 is 0 Å². The summed E-state index contributed by atoms with van der Waals surface area (Å²) in [5.74, 6) is -0.0800. The number of rotatable bonds is 4. The lowest BCUT2D eigenvalue weighted by Crippen LogP contribution is -2.44. The largest absolute Gasteiger partial charge is 0.341 e. The summed E-state index contributed by atoms with van der Waals surface area (Å²) in [5, 5.41) is 3.28. The molecule has 104 valence electrons. The minimum Gasteiger partial charge on any atom is -0.341 e. The maximum absolute atomic E-state index is 12.9. The Labute approximate surface area is 113 Å². The van der Waals surface area contributed by atoms with Gasteiger partial charge in [-0.25, -0.2) is 4.39 Å².